The molecule has 6 nitrogen and oxygen atoms in total. The summed E-state index contributed by atoms with van der Waals surface area (Å²) in [6, 6.07) is 9.05. The predicted octanol–water partition coefficient (Wildman–Crippen LogP) is 0.528. The first-order valence-electron chi connectivity index (χ1n) is 7.07. The van der Waals surface area contributed by atoms with Crippen molar-refractivity contribution in [3.05, 3.63) is 29.8 Å². The fourth-order valence-corrected chi connectivity index (χ4v) is 2.39. The molecule has 0 aliphatic carbocycles. The third-order valence-electron chi connectivity index (χ3n) is 3.57. The normalized spacial score (nSPS) is 15.6. The van der Waals surface area contributed by atoms with Crippen LogP contribution in [0.5, 0.6) is 0 Å². The molecule has 1 aliphatic rings. The van der Waals surface area contributed by atoms with E-state index in [2.05, 4.69) is 21.2 Å². The molecule has 0 unspecified atom stereocenters. The maximum absolute atomic E-state index is 12.0. The van der Waals surface area contributed by atoms with Gasteiger partial charge in [0.1, 0.15) is 6.07 Å². The molecule has 7 heteroatoms. The standard InChI is InChI=1S/C15H20N4O2.ClH/c16-11-13-3-1-2-4-14(13)17-15(21)12-19-7-5-18(6-8-19)9-10-20;/h1-4,20H,5-10,12H2,(H,17,21);1H. The number of nitriles is 1. The van der Waals surface area contributed by atoms with E-state index in [4.69, 9.17) is 10.4 Å². The van der Waals surface area contributed by atoms with Crippen LogP contribution in [0.25, 0.3) is 0 Å². The summed E-state index contributed by atoms with van der Waals surface area (Å²) >= 11 is 0. The van der Waals surface area contributed by atoms with Gasteiger partial charge in [0, 0.05) is 32.7 Å². The van der Waals surface area contributed by atoms with Crippen LogP contribution in [-0.2, 0) is 4.79 Å². The Hall–Kier alpha value is -1.65. The van der Waals surface area contributed by atoms with Crippen molar-refractivity contribution in [2.24, 2.45) is 0 Å². The first-order valence-corrected chi connectivity index (χ1v) is 7.07. The van der Waals surface area contributed by atoms with Crippen molar-refractivity contribution in [2.45, 2.75) is 0 Å². The second-order valence-corrected chi connectivity index (χ2v) is 5.05. The molecule has 1 aromatic rings. The summed E-state index contributed by atoms with van der Waals surface area (Å²) in [5.41, 5.74) is 1.03. The van der Waals surface area contributed by atoms with Crippen molar-refractivity contribution in [1.82, 2.24) is 9.80 Å². The second-order valence-electron chi connectivity index (χ2n) is 5.05. The molecule has 0 bridgehead atoms. The largest absolute Gasteiger partial charge is 0.395 e. The molecule has 1 fully saturated rings. The van der Waals surface area contributed by atoms with Gasteiger partial charge >= 0.3 is 0 Å². The number of hydrogen-bond donors (Lipinski definition) is 2. The SMILES string of the molecule is Cl.N#Cc1ccccc1NC(=O)CN1CCN(CCO)CC1. The zero-order valence-corrected chi connectivity index (χ0v) is 13.2. The lowest BCUT2D eigenvalue weighted by Gasteiger charge is -2.33. The molecule has 0 saturated carbocycles. The number of carbonyl (C=O) groups is 1. The van der Waals surface area contributed by atoms with E-state index in [1.807, 2.05) is 0 Å². The number of β-amino-alcohol motifs (C(OH)–C–C–N with tert-alkyl or cyclic N) is 1. The Labute approximate surface area is 136 Å². The Morgan fingerprint density at radius 1 is 1.23 bits per heavy atom. The molecular weight excluding hydrogens is 304 g/mol. The Morgan fingerprint density at radius 2 is 1.86 bits per heavy atom. The van der Waals surface area contributed by atoms with Crippen LogP contribution in [0.3, 0.4) is 0 Å². The molecule has 1 aliphatic heterocycles. The van der Waals surface area contributed by atoms with Crippen LogP contribution in [-0.4, -0.2) is 66.7 Å². The number of halogens is 1. The number of hydrogen-bond acceptors (Lipinski definition) is 5. The molecule has 0 spiro atoms. The van der Waals surface area contributed by atoms with Crippen molar-refractivity contribution in [2.75, 3.05) is 51.2 Å². The van der Waals surface area contributed by atoms with Gasteiger partial charge in [-0.2, -0.15) is 5.26 Å². The molecule has 0 radical (unpaired) electrons. The lowest BCUT2D eigenvalue weighted by atomic mass is 10.2. The molecule has 1 aromatic carbocycles. The van der Waals surface area contributed by atoms with Crippen LogP contribution in [0.4, 0.5) is 5.69 Å². The number of para-hydroxylation sites is 1. The molecular formula is C15H21ClN4O2. The van der Waals surface area contributed by atoms with Gasteiger partial charge in [-0.3, -0.25) is 14.6 Å². The number of amides is 1. The lowest BCUT2D eigenvalue weighted by molar-refractivity contribution is -0.117. The summed E-state index contributed by atoms with van der Waals surface area (Å²) in [5, 5.41) is 20.7. The zero-order chi connectivity index (χ0) is 15.1. The minimum atomic E-state index is -0.103. The molecule has 0 aromatic heterocycles. The maximum Gasteiger partial charge on any atom is 0.238 e. The van der Waals surface area contributed by atoms with E-state index in [0.29, 0.717) is 24.3 Å². The van der Waals surface area contributed by atoms with E-state index in [-0.39, 0.29) is 24.9 Å². The summed E-state index contributed by atoms with van der Waals surface area (Å²) in [6.07, 6.45) is 0. The van der Waals surface area contributed by atoms with Gasteiger partial charge in [-0.25, -0.2) is 0 Å². The number of aliphatic hydroxyl groups is 1. The van der Waals surface area contributed by atoms with E-state index in [1.165, 1.54) is 0 Å². The van der Waals surface area contributed by atoms with Crippen molar-refractivity contribution in [3.8, 4) is 6.07 Å². The van der Waals surface area contributed by atoms with Gasteiger partial charge in [0.2, 0.25) is 5.91 Å². The third kappa shape index (κ3) is 5.28. The molecule has 120 valence electrons. The summed E-state index contributed by atoms with van der Waals surface area (Å²) in [4.78, 5) is 16.3. The van der Waals surface area contributed by atoms with E-state index in [1.54, 1.807) is 24.3 Å². The number of anilines is 1. The molecule has 22 heavy (non-hydrogen) atoms. The highest BCUT2D eigenvalue weighted by atomic mass is 35.5. The fraction of sp³-hybridized carbons (Fsp3) is 0.467. The first kappa shape index (κ1) is 18.4. The highest BCUT2D eigenvalue weighted by Crippen LogP contribution is 2.13. The average Bonchev–Trinajstić information content (AvgIpc) is 2.50. The molecule has 1 heterocycles. The number of nitrogens with one attached hydrogen (secondary N) is 1. The van der Waals surface area contributed by atoms with Gasteiger partial charge < -0.3 is 10.4 Å². The number of piperazine rings is 1. The minimum Gasteiger partial charge on any atom is -0.395 e. The van der Waals surface area contributed by atoms with Crippen LogP contribution >= 0.6 is 12.4 Å². The lowest BCUT2D eigenvalue weighted by Crippen LogP contribution is -2.49. The number of aliphatic hydroxyl groups excluding tert-OH is 1. The molecule has 2 rings (SSSR count). The summed E-state index contributed by atoms with van der Waals surface area (Å²) in [5.74, 6) is -0.103. The number of nitrogens with zero attached hydrogens (tertiary/aromatic N) is 3. The van der Waals surface area contributed by atoms with E-state index >= 15 is 0 Å². The average molecular weight is 325 g/mol. The number of benzene rings is 1. The van der Waals surface area contributed by atoms with E-state index in [0.717, 1.165) is 26.2 Å². The quantitative estimate of drug-likeness (QED) is 0.826. The maximum atomic E-state index is 12.0. The highest BCUT2D eigenvalue weighted by Gasteiger charge is 2.18. The van der Waals surface area contributed by atoms with Crippen molar-refractivity contribution < 1.29 is 9.90 Å². The highest BCUT2D eigenvalue weighted by molar-refractivity contribution is 5.93. The number of rotatable bonds is 5. The van der Waals surface area contributed by atoms with Crippen molar-refractivity contribution in [1.29, 1.82) is 5.26 Å². The van der Waals surface area contributed by atoms with E-state index < -0.39 is 0 Å². The Morgan fingerprint density at radius 3 is 2.50 bits per heavy atom. The summed E-state index contributed by atoms with van der Waals surface area (Å²) in [7, 11) is 0. The first-order chi connectivity index (χ1) is 10.2. The van der Waals surface area contributed by atoms with Crippen molar-refractivity contribution in [3.63, 3.8) is 0 Å². The van der Waals surface area contributed by atoms with Gasteiger partial charge in [0.15, 0.2) is 0 Å². The molecule has 0 atom stereocenters. The second kappa shape index (κ2) is 9.38. The smallest absolute Gasteiger partial charge is 0.238 e. The van der Waals surface area contributed by atoms with Gasteiger partial charge in [-0.1, -0.05) is 12.1 Å². The van der Waals surface area contributed by atoms with Crippen LogP contribution in [0.2, 0.25) is 0 Å². The Kier molecular flexibility index (Phi) is 7.85. The summed E-state index contributed by atoms with van der Waals surface area (Å²) in [6.45, 7) is 4.54. The topological polar surface area (TPSA) is 79.6 Å². The van der Waals surface area contributed by atoms with Gasteiger partial charge in [0.25, 0.3) is 0 Å². The predicted molar refractivity (Wildman–Crippen MR) is 87.0 cm³/mol. The van der Waals surface area contributed by atoms with Gasteiger partial charge in [-0.05, 0) is 12.1 Å². The number of carbonyl (C=O) groups excluding carboxylic acids is 1. The zero-order valence-electron chi connectivity index (χ0n) is 12.4. The van der Waals surface area contributed by atoms with Crippen molar-refractivity contribution >= 4 is 24.0 Å². The van der Waals surface area contributed by atoms with E-state index in [9.17, 15) is 4.79 Å². The fourth-order valence-electron chi connectivity index (χ4n) is 2.39. The van der Waals surface area contributed by atoms with Crippen LogP contribution in [0.15, 0.2) is 24.3 Å². The van der Waals surface area contributed by atoms with Crippen LogP contribution < -0.4 is 5.32 Å². The molecule has 1 amide bonds. The minimum absolute atomic E-state index is 0. The van der Waals surface area contributed by atoms with Crippen LogP contribution in [0, 0.1) is 11.3 Å². The Balaban J connectivity index is 0.00000242. The monoisotopic (exact) mass is 324 g/mol. The molecule has 1 saturated heterocycles. The van der Waals surface area contributed by atoms with Gasteiger partial charge in [0.05, 0.1) is 24.4 Å². The third-order valence-corrected chi connectivity index (χ3v) is 3.57. The Bertz CT molecular complexity index is 525. The summed E-state index contributed by atoms with van der Waals surface area (Å²) < 4.78 is 0. The van der Waals surface area contributed by atoms with Crippen LogP contribution in [0.1, 0.15) is 5.56 Å². The van der Waals surface area contributed by atoms with Gasteiger partial charge in [-0.15, -0.1) is 12.4 Å². The molecule has 2 N–H and O–H groups in total.